The first kappa shape index (κ1) is 14.4. The second-order valence-electron chi connectivity index (χ2n) is 6.08. The Morgan fingerprint density at radius 2 is 1.75 bits per heavy atom. The maximum atomic E-state index is 5.93. The number of hydrogen-bond donors (Lipinski definition) is 1. The maximum Gasteiger partial charge on any atom is 0.119 e. The van der Waals surface area contributed by atoms with Crippen LogP contribution in [-0.2, 0) is 11.8 Å². The molecule has 0 aliphatic heterocycles. The van der Waals surface area contributed by atoms with E-state index in [9.17, 15) is 0 Å². The lowest BCUT2D eigenvalue weighted by Crippen LogP contribution is -2.11. The molecule has 0 amide bonds. The molecule has 20 heavy (non-hydrogen) atoms. The molecule has 0 bridgehead atoms. The molecule has 2 N–H and O–H groups in total. The van der Waals surface area contributed by atoms with E-state index in [1.54, 1.807) is 0 Å². The summed E-state index contributed by atoms with van der Waals surface area (Å²) < 4.78 is 5.85. The average Bonchev–Trinajstić information content (AvgIpc) is 2.40. The Balaban J connectivity index is 1.97. The molecule has 0 atom stereocenters. The summed E-state index contributed by atoms with van der Waals surface area (Å²) in [5.74, 6) is 0.923. The fourth-order valence-electron chi connectivity index (χ4n) is 2.09. The predicted molar refractivity (Wildman–Crippen MR) is 85.2 cm³/mol. The van der Waals surface area contributed by atoms with E-state index in [1.165, 1.54) is 5.56 Å². The van der Waals surface area contributed by atoms with Gasteiger partial charge in [-0.1, -0.05) is 51.1 Å². The van der Waals surface area contributed by atoms with Gasteiger partial charge in [0.2, 0.25) is 0 Å². The third-order valence-electron chi connectivity index (χ3n) is 3.40. The summed E-state index contributed by atoms with van der Waals surface area (Å²) in [6.07, 6.45) is 0.826. The van der Waals surface area contributed by atoms with E-state index >= 15 is 0 Å². The molecule has 0 fully saturated rings. The van der Waals surface area contributed by atoms with Crippen LogP contribution < -0.4 is 10.5 Å². The summed E-state index contributed by atoms with van der Waals surface area (Å²) in [6, 6.07) is 16.2. The van der Waals surface area contributed by atoms with Crippen molar-refractivity contribution in [3.8, 4) is 5.75 Å². The Morgan fingerprint density at radius 1 is 1.00 bits per heavy atom. The van der Waals surface area contributed by atoms with E-state index in [0.717, 1.165) is 23.4 Å². The molecule has 0 spiro atoms. The van der Waals surface area contributed by atoms with E-state index in [0.29, 0.717) is 6.61 Å². The third kappa shape index (κ3) is 3.77. The minimum absolute atomic E-state index is 0.142. The van der Waals surface area contributed by atoms with E-state index < -0.39 is 0 Å². The lowest BCUT2D eigenvalue weighted by Gasteiger charge is -2.19. The molecule has 0 aliphatic rings. The highest BCUT2D eigenvalue weighted by atomic mass is 16.5. The number of anilines is 1. The highest BCUT2D eigenvalue weighted by Crippen LogP contribution is 2.25. The minimum atomic E-state index is 0.142. The van der Waals surface area contributed by atoms with Crippen molar-refractivity contribution in [1.29, 1.82) is 0 Å². The number of nitrogen functional groups attached to an aromatic ring is 1. The van der Waals surface area contributed by atoms with Crippen LogP contribution in [0.3, 0.4) is 0 Å². The lowest BCUT2D eigenvalue weighted by atomic mass is 9.87. The SMILES string of the molecule is CC(C)(C)c1cccc(OCCc2ccccc2N)c1. The van der Waals surface area contributed by atoms with Gasteiger partial charge in [0.05, 0.1) is 6.61 Å². The molecular weight excluding hydrogens is 246 g/mol. The molecule has 2 heteroatoms. The Labute approximate surface area is 121 Å². The molecule has 2 aromatic carbocycles. The fourth-order valence-corrected chi connectivity index (χ4v) is 2.09. The standard InChI is InChI=1S/C18H23NO/c1-18(2,3)15-8-6-9-16(13-15)20-12-11-14-7-4-5-10-17(14)19/h4-10,13H,11-12,19H2,1-3H3. The Kier molecular flexibility index (Phi) is 4.33. The number of benzene rings is 2. The molecule has 106 valence electrons. The second kappa shape index (κ2) is 6.00. The summed E-state index contributed by atoms with van der Waals surface area (Å²) in [5, 5.41) is 0. The zero-order valence-corrected chi connectivity index (χ0v) is 12.5. The largest absolute Gasteiger partial charge is 0.493 e. The average molecular weight is 269 g/mol. The van der Waals surface area contributed by atoms with Crippen LogP contribution in [-0.4, -0.2) is 6.61 Å². The second-order valence-corrected chi connectivity index (χ2v) is 6.08. The number of ether oxygens (including phenoxy) is 1. The van der Waals surface area contributed by atoms with Gasteiger partial charge in [-0.3, -0.25) is 0 Å². The van der Waals surface area contributed by atoms with Gasteiger partial charge in [0.15, 0.2) is 0 Å². The van der Waals surface area contributed by atoms with Gasteiger partial charge in [0.25, 0.3) is 0 Å². The van der Waals surface area contributed by atoms with Crippen LogP contribution in [0.25, 0.3) is 0 Å². The van der Waals surface area contributed by atoms with Gasteiger partial charge in [-0.2, -0.15) is 0 Å². The van der Waals surface area contributed by atoms with E-state index in [4.69, 9.17) is 10.5 Å². The summed E-state index contributed by atoms with van der Waals surface area (Å²) in [7, 11) is 0. The quantitative estimate of drug-likeness (QED) is 0.845. The molecule has 0 saturated heterocycles. The molecule has 0 heterocycles. The predicted octanol–water partition coefficient (Wildman–Crippen LogP) is 4.19. The van der Waals surface area contributed by atoms with Gasteiger partial charge in [0.1, 0.15) is 5.75 Å². The van der Waals surface area contributed by atoms with Gasteiger partial charge >= 0.3 is 0 Å². The van der Waals surface area contributed by atoms with Crippen molar-refractivity contribution in [3.63, 3.8) is 0 Å². The van der Waals surface area contributed by atoms with Crippen molar-refractivity contribution in [2.75, 3.05) is 12.3 Å². The van der Waals surface area contributed by atoms with Crippen LogP contribution in [0.1, 0.15) is 31.9 Å². The fraction of sp³-hybridized carbons (Fsp3) is 0.333. The highest BCUT2D eigenvalue weighted by molar-refractivity contribution is 5.46. The smallest absolute Gasteiger partial charge is 0.119 e. The van der Waals surface area contributed by atoms with Crippen molar-refractivity contribution < 1.29 is 4.74 Å². The summed E-state index contributed by atoms with van der Waals surface area (Å²) in [6.45, 7) is 7.26. The summed E-state index contributed by atoms with van der Waals surface area (Å²) in [4.78, 5) is 0. The molecule has 2 nitrogen and oxygen atoms in total. The first-order chi connectivity index (χ1) is 9.47. The van der Waals surface area contributed by atoms with Crippen LogP contribution in [0.15, 0.2) is 48.5 Å². The zero-order valence-electron chi connectivity index (χ0n) is 12.5. The van der Waals surface area contributed by atoms with Crippen LogP contribution in [0.4, 0.5) is 5.69 Å². The normalized spacial score (nSPS) is 11.3. The van der Waals surface area contributed by atoms with E-state index in [-0.39, 0.29) is 5.41 Å². The van der Waals surface area contributed by atoms with Crippen LogP contribution >= 0.6 is 0 Å². The Morgan fingerprint density at radius 3 is 2.45 bits per heavy atom. The van der Waals surface area contributed by atoms with Crippen LogP contribution in [0.5, 0.6) is 5.75 Å². The van der Waals surface area contributed by atoms with Gasteiger partial charge in [-0.15, -0.1) is 0 Å². The monoisotopic (exact) mass is 269 g/mol. The first-order valence-electron chi connectivity index (χ1n) is 7.03. The van der Waals surface area contributed by atoms with Crippen LogP contribution in [0, 0.1) is 0 Å². The maximum absolute atomic E-state index is 5.93. The number of rotatable bonds is 4. The highest BCUT2D eigenvalue weighted by Gasteiger charge is 2.13. The van der Waals surface area contributed by atoms with Crippen molar-refractivity contribution in [2.45, 2.75) is 32.6 Å². The van der Waals surface area contributed by atoms with Gasteiger partial charge < -0.3 is 10.5 Å². The van der Waals surface area contributed by atoms with E-state index in [2.05, 4.69) is 32.9 Å². The first-order valence-corrected chi connectivity index (χ1v) is 7.03. The van der Waals surface area contributed by atoms with Crippen molar-refractivity contribution in [3.05, 3.63) is 59.7 Å². The van der Waals surface area contributed by atoms with Gasteiger partial charge in [-0.25, -0.2) is 0 Å². The van der Waals surface area contributed by atoms with Crippen molar-refractivity contribution in [2.24, 2.45) is 0 Å². The zero-order chi connectivity index (χ0) is 14.6. The molecule has 2 rings (SSSR count). The number of nitrogens with two attached hydrogens (primary N) is 1. The summed E-state index contributed by atoms with van der Waals surface area (Å²) >= 11 is 0. The topological polar surface area (TPSA) is 35.2 Å². The molecular formula is C18H23NO. The third-order valence-corrected chi connectivity index (χ3v) is 3.40. The Hall–Kier alpha value is -1.96. The molecule has 0 saturated carbocycles. The molecule has 0 radical (unpaired) electrons. The minimum Gasteiger partial charge on any atom is -0.493 e. The number of hydrogen-bond acceptors (Lipinski definition) is 2. The van der Waals surface area contributed by atoms with Gasteiger partial charge in [0, 0.05) is 12.1 Å². The number of para-hydroxylation sites is 1. The molecule has 0 aliphatic carbocycles. The lowest BCUT2D eigenvalue weighted by molar-refractivity contribution is 0.321. The molecule has 0 aromatic heterocycles. The van der Waals surface area contributed by atoms with Crippen molar-refractivity contribution in [1.82, 2.24) is 0 Å². The summed E-state index contributed by atoms with van der Waals surface area (Å²) in [5.41, 5.74) is 9.33. The van der Waals surface area contributed by atoms with Crippen LogP contribution in [0.2, 0.25) is 0 Å². The van der Waals surface area contributed by atoms with Crippen molar-refractivity contribution >= 4 is 5.69 Å². The molecule has 0 unspecified atom stereocenters. The van der Waals surface area contributed by atoms with E-state index in [1.807, 2.05) is 36.4 Å². The Bertz CT molecular complexity index is 570. The molecule has 2 aromatic rings. The van der Waals surface area contributed by atoms with Gasteiger partial charge in [-0.05, 0) is 34.7 Å².